The first-order valence-electron chi connectivity index (χ1n) is 5.78. The lowest BCUT2D eigenvalue weighted by Crippen LogP contribution is -2.27. The Bertz CT molecular complexity index is 524. The van der Waals surface area contributed by atoms with Crippen molar-refractivity contribution in [1.29, 1.82) is 0 Å². The summed E-state index contributed by atoms with van der Waals surface area (Å²) in [6.45, 7) is 5.69. The molecule has 0 unspecified atom stereocenters. The van der Waals surface area contributed by atoms with Crippen LogP contribution in [0.15, 0.2) is 35.8 Å². The molecule has 0 spiro atoms. The molecular weight excluding hydrogens is 244 g/mol. The summed E-state index contributed by atoms with van der Waals surface area (Å²) >= 11 is 1.60. The van der Waals surface area contributed by atoms with E-state index in [4.69, 9.17) is 0 Å². The maximum Gasteiger partial charge on any atom is 0.229 e. The molecule has 0 bridgehead atoms. The highest BCUT2D eigenvalue weighted by Crippen LogP contribution is 2.24. The van der Waals surface area contributed by atoms with Crippen LogP contribution in [0.3, 0.4) is 0 Å². The van der Waals surface area contributed by atoms with Crippen molar-refractivity contribution in [2.75, 3.05) is 5.32 Å². The first kappa shape index (κ1) is 12.8. The van der Waals surface area contributed by atoms with Crippen molar-refractivity contribution < 1.29 is 4.79 Å². The molecule has 0 aliphatic rings. The number of thiazole rings is 1. The van der Waals surface area contributed by atoms with Gasteiger partial charge in [-0.05, 0) is 24.3 Å². The summed E-state index contributed by atoms with van der Waals surface area (Å²) in [5.74, 6) is 0.0181. The average Bonchev–Trinajstić information content (AvgIpc) is 2.82. The molecule has 18 heavy (non-hydrogen) atoms. The fraction of sp³-hybridized carbons (Fsp3) is 0.286. The molecule has 2 rings (SSSR count). The van der Waals surface area contributed by atoms with E-state index in [1.807, 2.05) is 50.4 Å². The van der Waals surface area contributed by atoms with Gasteiger partial charge in [0.1, 0.15) is 5.01 Å². The lowest BCUT2D eigenvalue weighted by molar-refractivity contribution is -0.123. The molecular formula is C14H16N2OS. The number of nitrogens with one attached hydrogen (secondary N) is 1. The largest absolute Gasteiger partial charge is 0.326 e. The molecule has 0 saturated carbocycles. The van der Waals surface area contributed by atoms with Gasteiger partial charge in [-0.25, -0.2) is 4.98 Å². The molecule has 2 aromatic rings. The van der Waals surface area contributed by atoms with E-state index in [1.165, 1.54) is 0 Å². The summed E-state index contributed by atoms with van der Waals surface area (Å²) in [5, 5.41) is 5.84. The summed E-state index contributed by atoms with van der Waals surface area (Å²) in [6, 6.07) is 7.74. The number of nitrogens with zero attached hydrogens (tertiary/aromatic N) is 1. The quantitative estimate of drug-likeness (QED) is 0.892. The minimum atomic E-state index is -0.381. The Labute approximate surface area is 111 Å². The SMILES string of the molecule is CC(C)(C)C(=O)Nc1ccc(-c2nccs2)cc1. The number of carbonyl (C=O) groups excluding carboxylic acids is 1. The summed E-state index contributed by atoms with van der Waals surface area (Å²) in [6.07, 6.45) is 1.79. The van der Waals surface area contributed by atoms with Gasteiger partial charge in [0.2, 0.25) is 5.91 Å². The van der Waals surface area contributed by atoms with Gasteiger partial charge in [-0.15, -0.1) is 11.3 Å². The number of hydrogen-bond acceptors (Lipinski definition) is 3. The van der Waals surface area contributed by atoms with Crippen LogP contribution in [0.2, 0.25) is 0 Å². The molecule has 4 heteroatoms. The third-order valence-corrected chi connectivity index (χ3v) is 3.33. The molecule has 0 saturated heterocycles. The number of amides is 1. The monoisotopic (exact) mass is 260 g/mol. The highest BCUT2D eigenvalue weighted by Gasteiger charge is 2.20. The van der Waals surface area contributed by atoms with Crippen LogP contribution in [-0.2, 0) is 4.79 Å². The Kier molecular flexibility index (Phi) is 3.48. The number of aromatic nitrogens is 1. The van der Waals surface area contributed by atoms with Crippen LogP contribution in [0.25, 0.3) is 10.6 Å². The number of anilines is 1. The van der Waals surface area contributed by atoms with Gasteiger partial charge >= 0.3 is 0 Å². The lowest BCUT2D eigenvalue weighted by atomic mass is 9.95. The van der Waals surface area contributed by atoms with Crippen LogP contribution >= 0.6 is 11.3 Å². The molecule has 1 amide bonds. The first-order chi connectivity index (χ1) is 8.47. The van der Waals surface area contributed by atoms with E-state index < -0.39 is 0 Å². The van der Waals surface area contributed by atoms with E-state index in [2.05, 4.69) is 10.3 Å². The fourth-order valence-electron chi connectivity index (χ4n) is 1.38. The summed E-state index contributed by atoms with van der Waals surface area (Å²) in [5.41, 5.74) is 1.50. The number of carbonyl (C=O) groups is 1. The van der Waals surface area contributed by atoms with Crippen LogP contribution in [0.1, 0.15) is 20.8 Å². The Morgan fingerprint density at radius 1 is 1.22 bits per heavy atom. The maximum atomic E-state index is 11.8. The molecule has 1 heterocycles. The van der Waals surface area contributed by atoms with Gasteiger partial charge in [0.15, 0.2) is 0 Å². The van der Waals surface area contributed by atoms with Crippen LogP contribution in [0.5, 0.6) is 0 Å². The van der Waals surface area contributed by atoms with Crippen molar-refractivity contribution in [3.63, 3.8) is 0 Å². The lowest BCUT2D eigenvalue weighted by Gasteiger charge is -2.17. The topological polar surface area (TPSA) is 42.0 Å². The third kappa shape index (κ3) is 2.96. The normalized spacial score (nSPS) is 11.3. The number of hydrogen-bond donors (Lipinski definition) is 1. The second kappa shape index (κ2) is 4.90. The minimum absolute atomic E-state index is 0.0181. The average molecular weight is 260 g/mol. The Morgan fingerprint density at radius 2 is 1.89 bits per heavy atom. The highest BCUT2D eigenvalue weighted by molar-refractivity contribution is 7.13. The van der Waals surface area contributed by atoms with Gasteiger partial charge in [-0.2, -0.15) is 0 Å². The van der Waals surface area contributed by atoms with E-state index in [0.29, 0.717) is 0 Å². The molecule has 3 nitrogen and oxygen atoms in total. The molecule has 1 aromatic heterocycles. The second-order valence-corrected chi connectivity index (χ2v) is 6.01. The Hall–Kier alpha value is -1.68. The summed E-state index contributed by atoms with van der Waals surface area (Å²) in [4.78, 5) is 16.1. The second-order valence-electron chi connectivity index (χ2n) is 5.12. The minimum Gasteiger partial charge on any atom is -0.326 e. The molecule has 0 atom stereocenters. The van der Waals surface area contributed by atoms with Crippen molar-refractivity contribution in [3.8, 4) is 10.6 Å². The first-order valence-corrected chi connectivity index (χ1v) is 6.66. The third-order valence-electron chi connectivity index (χ3n) is 2.50. The van der Waals surface area contributed by atoms with Gasteiger partial charge < -0.3 is 5.32 Å². The number of rotatable bonds is 2. The van der Waals surface area contributed by atoms with Gasteiger partial charge in [-0.1, -0.05) is 20.8 Å². The van der Waals surface area contributed by atoms with E-state index in [-0.39, 0.29) is 11.3 Å². The van der Waals surface area contributed by atoms with Crippen molar-refractivity contribution in [1.82, 2.24) is 4.98 Å². The zero-order chi connectivity index (χ0) is 13.2. The van der Waals surface area contributed by atoms with Gasteiger partial charge in [0, 0.05) is 28.2 Å². The maximum absolute atomic E-state index is 11.8. The molecule has 0 aliphatic heterocycles. The zero-order valence-corrected chi connectivity index (χ0v) is 11.5. The van der Waals surface area contributed by atoms with Crippen LogP contribution < -0.4 is 5.32 Å². The molecule has 0 radical (unpaired) electrons. The molecule has 1 aromatic carbocycles. The van der Waals surface area contributed by atoms with Crippen LogP contribution in [0, 0.1) is 5.41 Å². The Balaban J connectivity index is 2.12. The Morgan fingerprint density at radius 3 is 2.39 bits per heavy atom. The van der Waals surface area contributed by atoms with E-state index in [0.717, 1.165) is 16.3 Å². The van der Waals surface area contributed by atoms with Crippen molar-refractivity contribution in [2.24, 2.45) is 5.41 Å². The van der Waals surface area contributed by atoms with Crippen LogP contribution in [-0.4, -0.2) is 10.9 Å². The van der Waals surface area contributed by atoms with Crippen molar-refractivity contribution in [3.05, 3.63) is 35.8 Å². The standard InChI is InChI=1S/C14H16N2OS/c1-14(2,3)13(17)16-11-6-4-10(5-7-11)12-15-8-9-18-12/h4-9H,1-3H3,(H,16,17). The predicted molar refractivity (Wildman–Crippen MR) is 75.6 cm³/mol. The smallest absolute Gasteiger partial charge is 0.229 e. The summed E-state index contributed by atoms with van der Waals surface area (Å²) in [7, 11) is 0. The van der Waals surface area contributed by atoms with Gasteiger partial charge in [0.05, 0.1) is 0 Å². The van der Waals surface area contributed by atoms with Crippen LogP contribution in [0.4, 0.5) is 5.69 Å². The van der Waals surface area contributed by atoms with E-state index in [9.17, 15) is 4.79 Å². The van der Waals surface area contributed by atoms with Gasteiger partial charge in [0.25, 0.3) is 0 Å². The van der Waals surface area contributed by atoms with Crippen molar-refractivity contribution in [2.45, 2.75) is 20.8 Å². The summed E-state index contributed by atoms with van der Waals surface area (Å²) < 4.78 is 0. The zero-order valence-electron chi connectivity index (χ0n) is 10.7. The van der Waals surface area contributed by atoms with Crippen molar-refractivity contribution >= 4 is 22.9 Å². The molecule has 94 valence electrons. The molecule has 0 fully saturated rings. The number of benzene rings is 1. The molecule has 0 aliphatic carbocycles. The highest BCUT2D eigenvalue weighted by atomic mass is 32.1. The predicted octanol–water partition coefficient (Wildman–Crippen LogP) is 3.79. The fourth-order valence-corrected chi connectivity index (χ4v) is 2.03. The van der Waals surface area contributed by atoms with E-state index >= 15 is 0 Å². The van der Waals surface area contributed by atoms with Gasteiger partial charge in [-0.3, -0.25) is 4.79 Å². The molecule has 1 N–H and O–H groups in total. The van der Waals surface area contributed by atoms with E-state index in [1.54, 1.807) is 17.5 Å².